The van der Waals surface area contributed by atoms with Gasteiger partial charge in [-0.3, -0.25) is 5.10 Å². The molecule has 0 spiro atoms. The van der Waals surface area contributed by atoms with E-state index >= 15 is 0 Å². The summed E-state index contributed by atoms with van der Waals surface area (Å²) in [5.74, 6) is 0. The molecule has 0 bridgehead atoms. The van der Waals surface area contributed by atoms with E-state index in [1.165, 1.54) is 22.5 Å². The fourth-order valence-corrected chi connectivity index (χ4v) is 3.20. The maximum Gasteiger partial charge on any atom is 0.0565 e. The highest BCUT2D eigenvalue weighted by molar-refractivity contribution is 5.72. The van der Waals surface area contributed by atoms with E-state index in [2.05, 4.69) is 75.6 Å². The van der Waals surface area contributed by atoms with E-state index in [0.717, 1.165) is 25.2 Å². The van der Waals surface area contributed by atoms with Gasteiger partial charge in [-0.25, -0.2) is 0 Å². The number of H-pyrrole nitrogens is 1. The maximum atomic E-state index is 4.06. The number of hydrogen-bond donors (Lipinski definition) is 1. The third-order valence-electron chi connectivity index (χ3n) is 4.42. The van der Waals surface area contributed by atoms with Crippen molar-refractivity contribution in [3.63, 3.8) is 0 Å². The average molecular weight is 304 g/mol. The van der Waals surface area contributed by atoms with Crippen molar-refractivity contribution >= 4 is 11.4 Å². The van der Waals surface area contributed by atoms with Crippen LogP contribution in [-0.4, -0.2) is 35.2 Å². The quantitative estimate of drug-likeness (QED) is 0.785. The molecule has 0 radical (unpaired) electrons. The zero-order chi connectivity index (χ0) is 15.6. The van der Waals surface area contributed by atoms with E-state index < -0.39 is 0 Å². The van der Waals surface area contributed by atoms with Crippen LogP contribution in [0.15, 0.2) is 60.9 Å². The standard InChI is InChI=1S/C19H20N4/c1-22-9-10-23(18-5-3-2-4-6-18)19-8-7-15(11-16(19)14-22)17-12-20-21-13-17/h2-8,11-13H,9-10,14H2,1H3,(H,20,21). The third kappa shape index (κ3) is 2.73. The zero-order valence-corrected chi connectivity index (χ0v) is 13.2. The Kier molecular flexibility index (Phi) is 3.60. The molecule has 0 unspecified atom stereocenters. The highest BCUT2D eigenvalue weighted by atomic mass is 15.2. The first kappa shape index (κ1) is 14.0. The van der Waals surface area contributed by atoms with E-state index in [1.54, 1.807) is 0 Å². The number of aromatic nitrogens is 2. The molecule has 0 aliphatic carbocycles. The van der Waals surface area contributed by atoms with Crippen molar-refractivity contribution < 1.29 is 0 Å². The van der Waals surface area contributed by atoms with Crippen LogP contribution in [-0.2, 0) is 6.54 Å². The van der Waals surface area contributed by atoms with Gasteiger partial charge in [0.2, 0.25) is 0 Å². The van der Waals surface area contributed by atoms with Crippen LogP contribution >= 0.6 is 0 Å². The van der Waals surface area contributed by atoms with Crippen molar-refractivity contribution in [1.29, 1.82) is 0 Å². The molecule has 1 aliphatic heterocycles. The smallest absolute Gasteiger partial charge is 0.0565 e. The summed E-state index contributed by atoms with van der Waals surface area (Å²) in [7, 11) is 2.18. The minimum Gasteiger partial charge on any atom is -0.340 e. The number of hydrogen-bond acceptors (Lipinski definition) is 3. The summed E-state index contributed by atoms with van der Waals surface area (Å²) in [4.78, 5) is 4.79. The van der Waals surface area contributed by atoms with Gasteiger partial charge in [0, 0.05) is 42.8 Å². The van der Waals surface area contributed by atoms with Crippen molar-refractivity contribution in [2.75, 3.05) is 25.0 Å². The Bertz CT molecular complexity index is 780. The maximum absolute atomic E-state index is 4.06. The van der Waals surface area contributed by atoms with Crippen LogP contribution in [0.1, 0.15) is 5.56 Å². The van der Waals surface area contributed by atoms with Crippen molar-refractivity contribution in [2.45, 2.75) is 6.54 Å². The normalized spacial score (nSPS) is 15.3. The number of para-hydroxylation sites is 1. The molecule has 2 heterocycles. The summed E-state index contributed by atoms with van der Waals surface area (Å²) in [5.41, 5.74) is 6.24. The van der Waals surface area contributed by atoms with Crippen LogP contribution in [0.2, 0.25) is 0 Å². The zero-order valence-electron chi connectivity index (χ0n) is 13.2. The second kappa shape index (κ2) is 5.89. The van der Waals surface area contributed by atoms with Gasteiger partial charge in [-0.2, -0.15) is 5.10 Å². The average Bonchev–Trinajstić information content (AvgIpc) is 3.06. The molecule has 4 nitrogen and oxygen atoms in total. The number of nitrogens with zero attached hydrogens (tertiary/aromatic N) is 3. The first-order chi connectivity index (χ1) is 11.3. The number of aromatic amines is 1. The predicted octanol–water partition coefficient (Wildman–Crippen LogP) is 3.66. The molecular weight excluding hydrogens is 284 g/mol. The van der Waals surface area contributed by atoms with Crippen LogP contribution in [0.4, 0.5) is 11.4 Å². The number of anilines is 2. The van der Waals surface area contributed by atoms with Gasteiger partial charge in [0.1, 0.15) is 0 Å². The summed E-state index contributed by atoms with van der Waals surface area (Å²) in [6.07, 6.45) is 3.81. The lowest BCUT2D eigenvalue weighted by Crippen LogP contribution is -2.26. The van der Waals surface area contributed by atoms with Crippen LogP contribution in [0, 0.1) is 0 Å². The van der Waals surface area contributed by atoms with E-state index in [9.17, 15) is 0 Å². The molecule has 116 valence electrons. The first-order valence-electron chi connectivity index (χ1n) is 7.94. The Morgan fingerprint density at radius 3 is 2.65 bits per heavy atom. The van der Waals surface area contributed by atoms with Gasteiger partial charge in [-0.1, -0.05) is 24.3 Å². The highest BCUT2D eigenvalue weighted by Gasteiger charge is 2.19. The van der Waals surface area contributed by atoms with Gasteiger partial charge in [0.25, 0.3) is 0 Å². The minimum absolute atomic E-state index is 0.963. The summed E-state index contributed by atoms with van der Waals surface area (Å²) >= 11 is 0. The number of rotatable bonds is 2. The van der Waals surface area contributed by atoms with Crippen LogP contribution in [0.5, 0.6) is 0 Å². The fourth-order valence-electron chi connectivity index (χ4n) is 3.20. The molecule has 1 aromatic heterocycles. The van der Waals surface area contributed by atoms with Crippen molar-refractivity contribution in [3.05, 3.63) is 66.5 Å². The molecule has 1 aliphatic rings. The number of fused-ring (bicyclic) bond motifs is 1. The Balaban J connectivity index is 1.79. The molecule has 0 saturated carbocycles. The highest BCUT2D eigenvalue weighted by Crippen LogP contribution is 2.34. The van der Waals surface area contributed by atoms with Gasteiger partial charge in [-0.15, -0.1) is 0 Å². The third-order valence-corrected chi connectivity index (χ3v) is 4.42. The Morgan fingerprint density at radius 2 is 1.87 bits per heavy atom. The Morgan fingerprint density at radius 1 is 1.00 bits per heavy atom. The topological polar surface area (TPSA) is 35.2 Å². The fraction of sp³-hybridized carbons (Fsp3) is 0.211. The summed E-state index contributed by atoms with van der Waals surface area (Å²) in [5, 5.41) is 6.95. The molecule has 0 amide bonds. The molecule has 3 aromatic rings. The SMILES string of the molecule is CN1CCN(c2ccccc2)c2ccc(-c3cn[nH]c3)cc2C1. The summed E-state index contributed by atoms with van der Waals surface area (Å²) < 4.78 is 0. The lowest BCUT2D eigenvalue weighted by Gasteiger charge is -2.25. The van der Waals surface area contributed by atoms with Crippen molar-refractivity contribution in [3.8, 4) is 11.1 Å². The first-order valence-corrected chi connectivity index (χ1v) is 7.94. The monoisotopic (exact) mass is 304 g/mol. The molecule has 1 N–H and O–H groups in total. The van der Waals surface area contributed by atoms with Gasteiger partial charge in [-0.05, 0) is 42.4 Å². The van der Waals surface area contributed by atoms with Crippen LogP contribution < -0.4 is 4.90 Å². The molecule has 0 fully saturated rings. The molecular formula is C19H20N4. The summed E-state index contributed by atoms with van der Waals surface area (Å²) in [6, 6.07) is 17.3. The van der Waals surface area contributed by atoms with Gasteiger partial charge in [0.15, 0.2) is 0 Å². The van der Waals surface area contributed by atoms with Crippen LogP contribution in [0.25, 0.3) is 11.1 Å². The number of benzene rings is 2. The predicted molar refractivity (Wildman–Crippen MR) is 93.8 cm³/mol. The summed E-state index contributed by atoms with van der Waals surface area (Å²) in [6.45, 7) is 3.01. The van der Waals surface area contributed by atoms with Gasteiger partial charge >= 0.3 is 0 Å². The van der Waals surface area contributed by atoms with Crippen molar-refractivity contribution in [2.24, 2.45) is 0 Å². The van der Waals surface area contributed by atoms with E-state index in [-0.39, 0.29) is 0 Å². The van der Waals surface area contributed by atoms with Gasteiger partial charge < -0.3 is 9.80 Å². The van der Waals surface area contributed by atoms with Crippen molar-refractivity contribution in [1.82, 2.24) is 15.1 Å². The molecule has 23 heavy (non-hydrogen) atoms. The molecule has 2 aromatic carbocycles. The van der Waals surface area contributed by atoms with E-state index in [1.807, 2.05) is 12.4 Å². The Labute approximate surface area is 136 Å². The molecule has 0 atom stereocenters. The van der Waals surface area contributed by atoms with Crippen LogP contribution in [0.3, 0.4) is 0 Å². The van der Waals surface area contributed by atoms with E-state index in [0.29, 0.717) is 0 Å². The van der Waals surface area contributed by atoms with Gasteiger partial charge in [0.05, 0.1) is 6.20 Å². The largest absolute Gasteiger partial charge is 0.340 e. The second-order valence-electron chi connectivity index (χ2n) is 6.06. The second-order valence-corrected chi connectivity index (χ2v) is 6.06. The Hall–Kier alpha value is -2.59. The lowest BCUT2D eigenvalue weighted by atomic mass is 10.0. The molecule has 4 rings (SSSR count). The lowest BCUT2D eigenvalue weighted by molar-refractivity contribution is 0.343. The number of nitrogens with one attached hydrogen (secondary N) is 1. The number of likely N-dealkylation sites (N-methyl/N-ethyl adjacent to an activating group) is 1. The van der Waals surface area contributed by atoms with E-state index in [4.69, 9.17) is 0 Å². The minimum atomic E-state index is 0.963. The molecule has 0 saturated heterocycles. The molecule has 4 heteroatoms.